The number of ether oxygens (including phenoxy) is 1. The molecule has 0 unspecified atom stereocenters. The summed E-state index contributed by atoms with van der Waals surface area (Å²) in [5.74, 6) is 1.60. The highest BCUT2D eigenvalue weighted by molar-refractivity contribution is 5.96. The molecule has 5 nitrogen and oxygen atoms in total. The van der Waals surface area contributed by atoms with Crippen LogP contribution in [0.15, 0.2) is 48.5 Å². The number of carbonyl (C=O) groups excluding carboxylic acids is 1. The Morgan fingerprint density at radius 1 is 1.04 bits per heavy atom. The van der Waals surface area contributed by atoms with Gasteiger partial charge in [0.05, 0.1) is 19.3 Å². The Balaban J connectivity index is 1.66. The molecule has 0 N–H and O–H groups in total. The first-order valence-electron chi connectivity index (χ1n) is 8.64. The number of methoxy groups -OCH3 is 1. The van der Waals surface area contributed by atoms with Crippen LogP contribution in [-0.2, 0) is 17.9 Å². The van der Waals surface area contributed by atoms with Gasteiger partial charge in [-0.15, -0.1) is 0 Å². The molecule has 0 saturated heterocycles. The van der Waals surface area contributed by atoms with E-state index in [4.69, 9.17) is 9.72 Å². The lowest BCUT2D eigenvalue weighted by molar-refractivity contribution is -0.118. The molecule has 0 aliphatic carbocycles. The topological polar surface area (TPSA) is 47.4 Å². The second-order valence-corrected chi connectivity index (χ2v) is 6.63. The third-order valence-electron chi connectivity index (χ3n) is 4.86. The first-order chi connectivity index (χ1) is 12.6. The van der Waals surface area contributed by atoms with Crippen molar-refractivity contribution in [2.24, 2.45) is 0 Å². The zero-order valence-electron chi connectivity index (χ0n) is 15.2. The van der Waals surface area contributed by atoms with E-state index >= 15 is 0 Å². The summed E-state index contributed by atoms with van der Waals surface area (Å²) in [5, 5.41) is 0. The molecule has 1 aliphatic rings. The molecule has 26 heavy (non-hydrogen) atoms. The summed E-state index contributed by atoms with van der Waals surface area (Å²) in [6, 6.07) is 16.1. The lowest BCUT2D eigenvalue weighted by atomic mass is 10.1. The fraction of sp³-hybridized carbons (Fsp3) is 0.238. The smallest absolute Gasteiger partial charge is 0.249 e. The molecule has 1 aliphatic heterocycles. The largest absolute Gasteiger partial charge is 0.497 e. The zero-order chi connectivity index (χ0) is 18.3. The van der Waals surface area contributed by atoms with Crippen LogP contribution in [0.1, 0.15) is 16.8 Å². The van der Waals surface area contributed by atoms with Crippen molar-refractivity contribution in [2.75, 3.05) is 12.0 Å². The number of aryl methyl sites for hydroxylation is 1. The standard InChI is InChI=1S/C21H21N3O2/c1-14-4-8-17(9-5-14)20-15(2)23-13-19(25)24(21(23)22-20)12-16-6-10-18(26-3)11-7-16/h4-11H,12-13H2,1-3H3. The van der Waals surface area contributed by atoms with Crippen molar-refractivity contribution in [3.8, 4) is 17.0 Å². The molecule has 5 heteroatoms. The second kappa shape index (κ2) is 6.33. The minimum Gasteiger partial charge on any atom is -0.497 e. The molecule has 1 aromatic heterocycles. The lowest BCUT2D eigenvalue weighted by Gasteiger charge is -2.14. The molecule has 2 heterocycles. The van der Waals surface area contributed by atoms with Gasteiger partial charge in [0, 0.05) is 11.3 Å². The molecular formula is C21H21N3O2. The van der Waals surface area contributed by atoms with E-state index in [1.807, 2.05) is 35.8 Å². The van der Waals surface area contributed by atoms with Gasteiger partial charge in [-0.05, 0) is 31.5 Å². The third-order valence-corrected chi connectivity index (χ3v) is 4.86. The van der Waals surface area contributed by atoms with Gasteiger partial charge in [0.1, 0.15) is 12.3 Å². The first kappa shape index (κ1) is 16.4. The van der Waals surface area contributed by atoms with E-state index in [0.717, 1.165) is 34.2 Å². The van der Waals surface area contributed by atoms with Gasteiger partial charge >= 0.3 is 0 Å². The number of benzene rings is 2. The predicted molar refractivity (Wildman–Crippen MR) is 101 cm³/mol. The summed E-state index contributed by atoms with van der Waals surface area (Å²) in [6.45, 7) is 4.94. The Morgan fingerprint density at radius 2 is 1.73 bits per heavy atom. The van der Waals surface area contributed by atoms with Crippen molar-refractivity contribution in [3.63, 3.8) is 0 Å². The summed E-state index contributed by atoms with van der Waals surface area (Å²) in [4.78, 5) is 19.1. The van der Waals surface area contributed by atoms with Gasteiger partial charge in [-0.25, -0.2) is 4.98 Å². The van der Waals surface area contributed by atoms with Crippen molar-refractivity contribution >= 4 is 11.9 Å². The number of aromatic nitrogens is 2. The van der Waals surface area contributed by atoms with Crippen LogP contribution >= 0.6 is 0 Å². The van der Waals surface area contributed by atoms with Gasteiger partial charge < -0.3 is 9.30 Å². The molecule has 0 spiro atoms. The lowest BCUT2D eigenvalue weighted by Crippen LogP contribution is -2.26. The number of fused-ring (bicyclic) bond motifs is 1. The molecule has 0 fully saturated rings. The minimum atomic E-state index is 0.0712. The number of anilines is 1. The van der Waals surface area contributed by atoms with Crippen molar-refractivity contribution in [3.05, 3.63) is 65.4 Å². The summed E-state index contributed by atoms with van der Waals surface area (Å²) in [5.41, 5.74) is 5.30. The highest BCUT2D eigenvalue weighted by atomic mass is 16.5. The molecule has 0 bridgehead atoms. The van der Waals surface area contributed by atoms with E-state index in [1.165, 1.54) is 5.56 Å². The van der Waals surface area contributed by atoms with E-state index in [2.05, 4.69) is 31.2 Å². The highest BCUT2D eigenvalue weighted by Gasteiger charge is 2.32. The summed E-state index contributed by atoms with van der Waals surface area (Å²) in [6.07, 6.45) is 0. The molecule has 0 atom stereocenters. The van der Waals surface area contributed by atoms with Gasteiger partial charge in [0.2, 0.25) is 11.9 Å². The average molecular weight is 347 g/mol. The summed E-state index contributed by atoms with van der Waals surface area (Å²) in [7, 11) is 1.64. The number of rotatable bonds is 4. The molecule has 2 aromatic carbocycles. The average Bonchev–Trinajstić information content (AvgIpc) is 3.13. The number of carbonyl (C=O) groups is 1. The summed E-state index contributed by atoms with van der Waals surface area (Å²) >= 11 is 0. The fourth-order valence-electron chi connectivity index (χ4n) is 3.30. The third kappa shape index (κ3) is 2.75. The maximum Gasteiger partial charge on any atom is 0.249 e. The van der Waals surface area contributed by atoms with Gasteiger partial charge in [-0.3, -0.25) is 9.69 Å². The number of amides is 1. The van der Waals surface area contributed by atoms with E-state index in [-0.39, 0.29) is 5.91 Å². The predicted octanol–water partition coefficient (Wildman–Crippen LogP) is 3.72. The van der Waals surface area contributed by atoms with Crippen LogP contribution in [0, 0.1) is 13.8 Å². The maximum atomic E-state index is 12.5. The monoisotopic (exact) mass is 347 g/mol. The Morgan fingerprint density at radius 3 is 2.38 bits per heavy atom. The summed E-state index contributed by atoms with van der Waals surface area (Å²) < 4.78 is 7.20. The maximum absolute atomic E-state index is 12.5. The molecule has 132 valence electrons. The molecule has 4 rings (SSSR count). The van der Waals surface area contributed by atoms with Crippen molar-refractivity contribution < 1.29 is 9.53 Å². The first-order valence-corrected chi connectivity index (χ1v) is 8.64. The van der Waals surface area contributed by atoms with Gasteiger partial charge in [0.15, 0.2) is 0 Å². The van der Waals surface area contributed by atoms with E-state index in [0.29, 0.717) is 13.1 Å². The van der Waals surface area contributed by atoms with Gasteiger partial charge in [-0.2, -0.15) is 0 Å². The second-order valence-electron chi connectivity index (χ2n) is 6.63. The molecule has 0 saturated carbocycles. The van der Waals surface area contributed by atoms with E-state index in [9.17, 15) is 4.79 Å². The molecule has 1 amide bonds. The normalized spacial score (nSPS) is 13.2. The van der Waals surface area contributed by atoms with Crippen LogP contribution in [0.4, 0.5) is 5.95 Å². The Labute approximate surface area is 152 Å². The highest BCUT2D eigenvalue weighted by Crippen LogP contribution is 2.32. The van der Waals surface area contributed by atoms with Crippen LogP contribution in [-0.4, -0.2) is 22.6 Å². The Bertz CT molecular complexity index is 956. The van der Waals surface area contributed by atoms with Crippen LogP contribution in [0.3, 0.4) is 0 Å². The number of hydrogen-bond donors (Lipinski definition) is 0. The van der Waals surface area contributed by atoms with Crippen molar-refractivity contribution in [2.45, 2.75) is 26.9 Å². The number of nitrogens with zero attached hydrogens (tertiary/aromatic N) is 3. The van der Waals surface area contributed by atoms with Crippen LogP contribution in [0.5, 0.6) is 5.75 Å². The van der Waals surface area contributed by atoms with E-state index in [1.54, 1.807) is 12.0 Å². The van der Waals surface area contributed by atoms with Crippen LogP contribution in [0.25, 0.3) is 11.3 Å². The van der Waals surface area contributed by atoms with Crippen molar-refractivity contribution in [1.29, 1.82) is 0 Å². The quantitative estimate of drug-likeness (QED) is 0.723. The molecular weight excluding hydrogens is 326 g/mol. The number of imidazole rings is 1. The fourth-order valence-corrected chi connectivity index (χ4v) is 3.30. The number of hydrogen-bond acceptors (Lipinski definition) is 3. The minimum absolute atomic E-state index is 0.0712. The molecule has 0 radical (unpaired) electrons. The van der Waals surface area contributed by atoms with Crippen LogP contribution < -0.4 is 9.64 Å². The molecule has 3 aromatic rings. The SMILES string of the molecule is COc1ccc(CN2C(=O)Cn3c2nc(-c2ccc(C)cc2)c3C)cc1. The Kier molecular flexibility index (Phi) is 3.99. The zero-order valence-corrected chi connectivity index (χ0v) is 15.2. The Hall–Kier alpha value is -3.08. The van der Waals surface area contributed by atoms with Crippen molar-refractivity contribution in [1.82, 2.24) is 9.55 Å². The van der Waals surface area contributed by atoms with Crippen LogP contribution in [0.2, 0.25) is 0 Å². The van der Waals surface area contributed by atoms with Gasteiger partial charge in [0.25, 0.3) is 0 Å². The van der Waals surface area contributed by atoms with Gasteiger partial charge in [-0.1, -0.05) is 42.0 Å². The van der Waals surface area contributed by atoms with E-state index < -0.39 is 0 Å².